The maximum atomic E-state index is 4.20. The van der Waals surface area contributed by atoms with Gasteiger partial charge in [0.05, 0.1) is 12.7 Å². The molecule has 0 saturated carbocycles. The molecular formula is C11H17N3. The monoisotopic (exact) mass is 191 g/mol. The van der Waals surface area contributed by atoms with Gasteiger partial charge in [-0.3, -0.25) is 4.68 Å². The average molecular weight is 191 g/mol. The Labute approximate surface area is 85.5 Å². The van der Waals surface area contributed by atoms with Crippen LogP contribution in [0.5, 0.6) is 0 Å². The Morgan fingerprint density at radius 3 is 3.07 bits per heavy atom. The lowest BCUT2D eigenvalue weighted by Gasteiger charge is -1.98. The summed E-state index contributed by atoms with van der Waals surface area (Å²) in [6.07, 6.45) is 2.89. The number of aromatic nitrogens is 2. The minimum Gasteiger partial charge on any atom is -0.306 e. The predicted octanol–water partition coefficient (Wildman–Crippen LogP) is 1.25. The van der Waals surface area contributed by atoms with Gasteiger partial charge in [-0.15, -0.1) is 0 Å². The van der Waals surface area contributed by atoms with Crippen LogP contribution in [-0.2, 0) is 6.54 Å². The van der Waals surface area contributed by atoms with Crippen molar-refractivity contribution >= 4 is 0 Å². The van der Waals surface area contributed by atoms with E-state index in [1.165, 1.54) is 0 Å². The maximum absolute atomic E-state index is 4.20. The molecule has 1 aromatic rings. The van der Waals surface area contributed by atoms with E-state index in [2.05, 4.69) is 36.1 Å². The first-order valence-electron chi connectivity index (χ1n) is 5.09. The Hall–Kier alpha value is -1.27. The second-order valence-electron chi connectivity index (χ2n) is 3.02. The number of hydrogen-bond donors (Lipinski definition) is 1. The normalized spacial score (nSPS) is 9.57. The van der Waals surface area contributed by atoms with E-state index in [0.29, 0.717) is 0 Å². The zero-order valence-electron chi connectivity index (χ0n) is 8.88. The Kier molecular flexibility index (Phi) is 4.81. The molecule has 0 aromatic carbocycles. The summed E-state index contributed by atoms with van der Waals surface area (Å²) >= 11 is 0. The molecule has 0 radical (unpaired) electrons. The smallest absolute Gasteiger partial charge is 0.111 e. The lowest BCUT2D eigenvalue weighted by molar-refractivity contribution is 0.597. The molecule has 76 valence electrons. The molecule has 0 atom stereocenters. The molecular weight excluding hydrogens is 174 g/mol. The summed E-state index contributed by atoms with van der Waals surface area (Å²) in [5, 5.41) is 7.36. The molecule has 0 saturated heterocycles. The van der Waals surface area contributed by atoms with Crippen molar-refractivity contribution in [1.29, 1.82) is 0 Å². The van der Waals surface area contributed by atoms with Crippen molar-refractivity contribution < 1.29 is 0 Å². The molecule has 1 N–H and O–H groups in total. The van der Waals surface area contributed by atoms with Gasteiger partial charge in [-0.1, -0.05) is 19.8 Å². The molecule has 3 nitrogen and oxygen atoms in total. The highest BCUT2D eigenvalue weighted by molar-refractivity contribution is 5.27. The fourth-order valence-electron chi connectivity index (χ4n) is 1.15. The SMILES string of the molecule is CCCn1nccc1C#CCNCC. The lowest BCUT2D eigenvalue weighted by atomic mass is 10.4. The lowest BCUT2D eigenvalue weighted by Crippen LogP contribution is -2.12. The van der Waals surface area contributed by atoms with Gasteiger partial charge < -0.3 is 5.32 Å². The number of aryl methyl sites for hydroxylation is 1. The fraction of sp³-hybridized carbons (Fsp3) is 0.545. The third-order valence-corrected chi connectivity index (χ3v) is 1.83. The van der Waals surface area contributed by atoms with E-state index in [4.69, 9.17) is 0 Å². The van der Waals surface area contributed by atoms with E-state index < -0.39 is 0 Å². The van der Waals surface area contributed by atoms with Crippen LogP contribution >= 0.6 is 0 Å². The van der Waals surface area contributed by atoms with Gasteiger partial charge >= 0.3 is 0 Å². The first-order valence-corrected chi connectivity index (χ1v) is 5.09. The van der Waals surface area contributed by atoms with Crippen molar-refractivity contribution in [3.63, 3.8) is 0 Å². The molecule has 0 spiro atoms. The summed E-state index contributed by atoms with van der Waals surface area (Å²) in [7, 11) is 0. The quantitative estimate of drug-likeness (QED) is 0.573. The predicted molar refractivity (Wildman–Crippen MR) is 57.9 cm³/mol. The standard InChI is InChI=1S/C11H17N3/c1-3-10-14-11(7-9-13-14)6-5-8-12-4-2/h7,9,12H,3-4,8,10H2,1-2H3. The molecule has 1 rings (SSSR count). The van der Waals surface area contributed by atoms with Gasteiger partial charge in [-0.25, -0.2) is 0 Å². The molecule has 0 aliphatic rings. The van der Waals surface area contributed by atoms with Crippen LogP contribution in [0.1, 0.15) is 26.0 Å². The van der Waals surface area contributed by atoms with Crippen LogP contribution in [0.2, 0.25) is 0 Å². The Morgan fingerprint density at radius 2 is 2.36 bits per heavy atom. The summed E-state index contributed by atoms with van der Waals surface area (Å²) in [6, 6.07) is 1.95. The van der Waals surface area contributed by atoms with Crippen LogP contribution in [0.3, 0.4) is 0 Å². The molecule has 0 amide bonds. The van der Waals surface area contributed by atoms with E-state index in [1.807, 2.05) is 10.7 Å². The molecule has 14 heavy (non-hydrogen) atoms. The van der Waals surface area contributed by atoms with Gasteiger partial charge in [0.1, 0.15) is 5.69 Å². The summed E-state index contributed by atoms with van der Waals surface area (Å²) in [6.45, 7) is 6.86. The van der Waals surface area contributed by atoms with E-state index in [9.17, 15) is 0 Å². The molecule has 0 bridgehead atoms. The highest BCUT2D eigenvalue weighted by Gasteiger charge is 1.95. The van der Waals surface area contributed by atoms with Crippen LogP contribution in [0.25, 0.3) is 0 Å². The topological polar surface area (TPSA) is 29.9 Å². The zero-order valence-corrected chi connectivity index (χ0v) is 8.88. The Bertz CT molecular complexity index is 317. The van der Waals surface area contributed by atoms with Gasteiger partial charge in [0.25, 0.3) is 0 Å². The number of rotatable bonds is 4. The van der Waals surface area contributed by atoms with Gasteiger partial charge in [-0.05, 0) is 25.0 Å². The average Bonchev–Trinajstić information content (AvgIpc) is 2.61. The zero-order chi connectivity index (χ0) is 10.2. The van der Waals surface area contributed by atoms with Crippen LogP contribution < -0.4 is 5.32 Å². The van der Waals surface area contributed by atoms with E-state index >= 15 is 0 Å². The van der Waals surface area contributed by atoms with E-state index in [0.717, 1.165) is 31.7 Å². The number of nitrogens with one attached hydrogen (secondary N) is 1. The fourth-order valence-corrected chi connectivity index (χ4v) is 1.15. The van der Waals surface area contributed by atoms with E-state index in [-0.39, 0.29) is 0 Å². The molecule has 0 aliphatic carbocycles. The van der Waals surface area contributed by atoms with Crippen LogP contribution in [-0.4, -0.2) is 22.9 Å². The summed E-state index contributed by atoms with van der Waals surface area (Å²) in [5.74, 6) is 6.17. The van der Waals surface area contributed by atoms with Gasteiger partial charge in [0, 0.05) is 6.54 Å². The minimum absolute atomic E-state index is 0.744. The molecule has 1 aromatic heterocycles. The van der Waals surface area contributed by atoms with Crippen LogP contribution in [0.15, 0.2) is 12.3 Å². The largest absolute Gasteiger partial charge is 0.306 e. The maximum Gasteiger partial charge on any atom is 0.111 e. The Morgan fingerprint density at radius 1 is 1.50 bits per heavy atom. The van der Waals surface area contributed by atoms with Crippen LogP contribution in [0, 0.1) is 11.8 Å². The summed E-state index contributed by atoms with van der Waals surface area (Å²) in [5.41, 5.74) is 1.00. The van der Waals surface area contributed by atoms with E-state index in [1.54, 1.807) is 6.20 Å². The van der Waals surface area contributed by atoms with Gasteiger partial charge in [0.15, 0.2) is 0 Å². The first kappa shape index (κ1) is 10.8. The second-order valence-corrected chi connectivity index (χ2v) is 3.02. The molecule has 1 heterocycles. The van der Waals surface area contributed by atoms with Crippen molar-refractivity contribution in [2.24, 2.45) is 0 Å². The third-order valence-electron chi connectivity index (χ3n) is 1.83. The van der Waals surface area contributed by atoms with Crippen molar-refractivity contribution in [3.8, 4) is 11.8 Å². The third kappa shape index (κ3) is 3.23. The number of nitrogens with zero attached hydrogens (tertiary/aromatic N) is 2. The highest BCUT2D eigenvalue weighted by atomic mass is 15.3. The summed E-state index contributed by atoms with van der Waals surface area (Å²) < 4.78 is 1.94. The van der Waals surface area contributed by atoms with Crippen LogP contribution in [0.4, 0.5) is 0 Å². The van der Waals surface area contributed by atoms with Gasteiger partial charge in [0.2, 0.25) is 0 Å². The highest BCUT2D eigenvalue weighted by Crippen LogP contribution is 1.97. The number of hydrogen-bond acceptors (Lipinski definition) is 2. The molecule has 0 aliphatic heterocycles. The van der Waals surface area contributed by atoms with Crippen molar-refractivity contribution in [3.05, 3.63) is 18.0 Å². The summed E-state index contributed by atoms with van der Waals surface area (Å²) in [4.78, 5) is 0. The minimum atomic E-state index is 0.744. The van der Waals surface area contributed by atoms with Crippen molar-refractivity contribution in [2.75, 3.05) is 13.1 Å². The molecule has 0 unspecified atom stereocenters. The first-order chi connectivity index (χ1) is 6.88. The molecule has 0 fully saturated rings. The Balaban J connectivity index is 2.55. The molecule has 3 heteroatoms. The second kappa shape index (κ2) is 6.22. The van der Waals surface area contributed by atoms with Crippen molar-refractivity contribution in [2.45, 2.75) is 26.8 Å². The van der Waals surface area contributed by atoms with Crippen molar-refractivity contribution in [1.82, 2.24) is 15.1 Å². The van der Waals surface area contributed by atoms with Gasteiger partial charge in [-0.2, -0.15) is 5.10 Å².